The van der Waals surface area contributed by atoms with Crippen LogP contribution in [0.4, 0.5) is 5.82 Å². The minimum atomic E-state index is 0.0352. The van der Waals surface area contributed by atoms with E-state index in [9.17, 15) is 5.11 Å². The highest BCUT2D eigenvalue weighted by Gasteiger charge is 2.22. The van der Waals surface area contributed by atoms with E-state index in [0.29, 0.717) is 29.0 Å². The fourth-order valence-corrected chi connectivity index (χ4v) is 3.79. The van der Waals surface area contributed by atoms with Crippen molar-refractivity contribution in [1.82, 2.24) is 25.5 Å². The first-order valence-electron chi connectivity index (χ1n) is 10.2. The van der Waals surface area contributed by atoms with Crippen molar-refractivity contribution in [2.75, 3.05) is 18.0 Å². The Morgan fingerprint density at radius 3 is 2.48 bits per heavy atom. The molecule has 4 heterocycles. The lowest BCUT2D eigenvalue weighted by atomic mass is 10.1. The maximum absolute atomic E-state index is 10.6. The number of H-pyrrole nitrogens is 1. The number of amidine groups is 1. The van der Waals surface area contributed by atoms with Gasteiger partial charge in [0, 0.05) is 43.1 Å². The number of nitrogens with zero attached hydrogens (tertiary/aromatic N) is 5. The molecule has 0 aromatic carbocycles. The van der Waals surface area contributed by atoms with Gasteiger partial charge in [0.2, 0.25) is 0 Å². The van der Waals surface area contributed by atoms with Crippen molar-refractivity contribution in [1.29, 1.82) is 5.41 Å². The van der Waals surface area contributed by atoms with Gasteiger partial charge in [-0.1, -0.05) is 0 Å². The van der Waals surface area contributed by atoms with Gasteiger partial charge in [0.25, 0.3) is 0 Å². The van der Waals surface area contributed by atoms with E-state index in [0.717, 1.165) is 30.0 Å². The Hall–Kier alpha value is -3.59. The lowest BCUT2D eigenvalue weighted by Crippen LogP contribution is -2.54. The predicted molar refractivity (Wildman–Crippen MR) is 120 cm³/mol. The quantitative estimate of drug-likeness (QED) is 0.382. The lowest BCUT2D eigenvalue weighted by Gasteiger charge is -2.36. The molecule has 31 heavy (non-hydrogen) atoms. The molecule has 1 fully saturated rings. The Kier molecular flexibility index (Phi) is 5.77. The highest BCUT2D eigenvalue weighted by Crippen LogP contribution is 2.30. The van der Waals surface area contributed by atoms with E-state index in [1.54, 1.807) is 31.5 Å². The molecule has 0 amide bonds. The summed E-state index contributed by atoms with van der Waals surface area (Å²) >= 11 is 0. The molecular formula is C22H26N8O. The van der Waals surface area contributed by atoms with E-state index in [-0.39, 0.29) is 11.6 Å². The van der Waals surface area contributed by atoms with Gasteiger partial charge in [-0.3, -0.25) is 5.41 Å². The molecule has 2 atom stereocenters. The molecule has 160 valence electrons. The first kappa shape index (κ1) is 20.7. The van der Waals surface area contributed by atoms with E-state index in [2.05, 4.69) is 49.2 Å². The van der Waals surface area contributed by atoms with Gasteiger partial charge in [-0.05, 0) is 56.7 Å². The number of rotatable bonds is 3. The zero-order valence-electron chi connectivity index (χ0n) is 17.8. The van der Waals surface area contributed by atoms with E-state index in [1.807, 2.05) is 18.2 Å². The van der Waals surface area contributed by atoms with Crippen molar-refractivity contribution < 1.29 is 5.11 Å². The van der Waals surface area contributed by atoms with E-state index >= 15 is 0 Å². The smallest absolute Gasteiger partial charge is 0.151 e. The summed E-state index contributed by atoms with van der Waals surface area (Å²) in [5.41, 5.74) is 3.10. The van der Waals surface area contributed by atoms with Crippen LogP contribution in [0.1, 0.15) is 20.8 Å². The maximum atomic E-state index is 10.6. The molecule has 0 radical (unpaired) electrons. The zero-order valence-corrected chi connectivity index (χ0v) is 17.8. The van der Waals surface area contributed by atoms with Crippen LogP contribution in [0.25, 0.3) is 22.5 Å². The van der Waals surface area contributed by atoms with Crippen molar-refractivity contribution in [3.8, 4) is 28.3 Å². The highest BCUT2D eigenvalue weighted by atomic mass is 16.3. The molecule has 9 heteroatoms. The summed E-state index contributed by atoms with van der Waals surface area (Å²) in [5, 5.41) is 30.2. The molecule has 4 rings (SSSR count). The fourth-order valence-electron chi connectivity index (χ4n) is 3.79. The van der Waals surface area contributed by atoms with Gasteiger partial charge >= 0.3 is 0 Å². The molecule has 1 aliphatic rings. The lowest BCUT2D eigenvalue weighted by molar-refractivity contribution is 0.404. The molecule has 3 aromatic heterocycles. The number of pyridine rings is 2. The van der Waals surface area contributed by atoms with Crippen molar-refractivity contribution >= 4 is 11.7 Å². The normalized spacial score (nSPS) is 19.5. The van der Waals surface area contributed by atoms with Crippen LogP contribution in [0, 0.1) is 5.41 Å². The van der Waals surface area contributed by atoms with Crippen LogP contribution >= 0.6 is 0 Å². The molecule has 9 nitrogen and oxygen atoms in total. The summed E-state index contributed by atoms with van der Waals surface area (Å²) < 4.78 is 0. The van der Waals surface area contributed by atoms with Crippen LogP contribution in [0.3, 0.4) is 0 Å². The summed E-state index contributed by atoms with van der Waals surface area (Å²) in [4.78, 5) is 13.7. The Morgan fingerprint density at radius 2 is 1.90 bits per heavy atom. The molecule has 0 bridgehead atoms. The predicted octanol–water partition coefficient (Wildman–Crippen LogP) is 2.32. The number of hydrogen-bond acceptors (Lipinski definition) is 7. The molecule has 0 aliphatic carbocycles. The second-order valence-corrected chi connectivity index (χ2v) is 7.90. The van der Waals surface area contributed by atoms with Gasteiger partial charge in [0.05, 0.1) is 0 Å². The number of aromatic hydroxyl groups is 1. The standard InChI is InChI=1S/C22H26N8O/c1-13-11-30(12-14(2)26-13)21-7-5-18(28-29-21)22-19(31)8-17(10-25-22)16-4-6-20(24-9-16)27-15(3)23/h4-10,13-14,26,31H,11-12H2,1-3H3,(H2,23,24,27)/t13-,14+. The second kappa shape index (κ2) is 8.65. The van der Waals surface area contributed by atoms with E-state index in [1.165, 1.54) is 0 Å². The number of anilines is 1. The van der Waals surface area contributed by atoms with Gasteiger partial charge in [0.15, 0.2) is 5.82 Å². The minimum Gasteiger partial charge on any atom is -0.506 e. The SMILES string of the molecule is CC(=N)/N=c1/ccc(-c2cnc(-c3ccc(N4C[C@@H](C)N[C@@H](C)C4)nn3)c(O)c2)c[nH]1. The van der Waals surface area contributed by atoms with E-state index in [4.69, 9.17) is 5.41 Å². The molecule has 3 aromatic rings. The van der Waals surface area contributed by atoms with Crippen molar-refractivity contribution in [3.05, 3.63) is 48.2 Å². The average Bonchev–Trinajstić information content (AvgIpc) is 2.73. The van der Waals surface area contributed by atoms with Crippen LogP contribution in [0.2, 0.25) is 0 Å². The van der Waals surface area contributed by atoms with Gasteiger partial charge in [-0.2, -0.15) is 0 Å². The Bertz CT molecular complexity index is 1120. The molecule has 0 spiro atoms. The summed E-state index contributed by atoms with van der Waals surface area (Å²) in [7, 11) is 0. The van der Waals surface area contributed by atoms with Crippen molar-refractivity contribution in [2.45, 2.75) is 32.9 Å². The number of hydrogen-bond donors (Lipinski definition) is 4. The van der Waals surface area contributed by atoms with Crippen LogP contribution in [0.5, 0.6) is 5.75 Å². The van der Waals surface area contributed by atoms with Gasteiger partial charge in [-0.15, -0.1) is 10.2 Å². The fraction of sp³-hybridized carbons (Fsp3) is 0.318. The first-order chi connectivity index (χ1) is 14.9. The molecule has 1 saturated heterocycles. The van der Waals surface area contributed by atoms with Crippen LogP contribution in [-0.2, 0) is 0 Å². The topological polar surface area (TPSA) is 126 Å². The van der Waals surface area contributed by atoms with Gasteiger partial charge in [-0.25, -0.2) is 9.98 Å². The Balaban J connectivity index is 1.55. The minimum absolute atomic E-state index is 0.0352. The summed E-state index contributed by atoms with van der Waals surface area (Å²) in [6.45, 7) is 7.67. The van der Waals surface area contributed by atoms with Crippen LogP contribution < -0.4 is 15.7 Å². The first-order valence-corrected chi connectivity index (χ1v) is 10.2. The van der Waals surface area contributed by atoms with Crippen LogP contribution in [-0.4, -0.2) is 56.3 Å². The van der Waals surface area contributed by atoms with Gasteiger partial charge in [0.1, 0.15) is 28.5 Å². The third kappa shape index (κ3) is 4.77. The summed E-state index contributed by atoms with van der Waals surface area (Å²) in [6, 6.07) is 9.82. The van der Waals surface area contributed by atoms with Crippen LogP contribution in [0.15, 0.2) is 47.7 Å². The summed E-state index contributed by atoms with van der Waals surface area (Å²) in [5.74, 6) is 1.08. The Morgan fingerprint density at radius 1 is 1.13 bits per heavy atom. The Labute approximate surface area is 180 Å². The third-order valence-electron chi connectivity index (χ3n) is 5.06. The largest absolute Gasteiger partial charge is 0.506 e. The number of nitrogens with one attached hydrogen (secondary N) is 3. The summed E-state index contributed by atoms with van der Waals surface area (Å²) in [6.07, 6.45) is 3.45. The van der Waals surface area contributed by atoms with Gasteiger partial charge < -0.3 is 20.3 Å². The number of aromatic nitrogens is 4. The molecule has 0 unspecified atom stereocenters. The molecule has 0 saturated carbocycles. The van der Waals surface area contributed by atoms with E-state index < -0.39 is 0 Å². The highest BCUT2D eigenvalue weighted by molar-refractivity contribution is 5.77. The molecule has 1 aliphatic heterocycles. The molecule has 4 N–H and O–H groups in total. The average molecular weight is 419 g/mol. The third-order valence-corrected chi connectivity index (χ3v) is 5.06. The van der Waals surface area contributed by atoms with Crippen molar-refractivity contribution in [2.24, 2.45) is 4.99 Å². The maximum Gasteiger partial charge on any atom is 0.151 e. The zero-order chi connectivity index (χ0) is 22.0. The number of aromatic amines is 1. The monoisotopic (exact) mass is 418 g/mol. The second-order valence-electron chi connectivity index (χ2n) is 7.90. The van der Waals surface area contributed by atoms with Crippen molar-refractivity contribution in [3.63, 3.8) is 0 Å². The number of piperazine rings is 1. The molecular weight excluding hydrogens is 392 g/mol.